The summed E-state index contributed by atoms with van der Waals surface area (Å²) in [5.74, 6) is -0.834. The van der Waals surface area contributed by atoms with Gasteiger partial charge in [0.25, 0.3) is 0 Å². The number of rotatable bonds is 6. The van der Waals surface area contributed by atoms with Gasteiger partial charge < -0.3 is 4.74 Å². The van der Waals surface area contributed by atoms with Crippen LogP contribution in [0.4, 0.5) is 8.78 Å². The smallest absolute Gasteiger partial charge is 0.200 e. The first-order valence-electron chi connectivity index (χ1n) is 8.44. The van der Waals surface area contributed by atoms with Gasteiger partial charge in [0, 0.05) is 0 Å². The van der Waals surface area contributed by atoms with Crippen molar-refractivity contribution in [2.24, 2.45) is 5.92 Å². The molecule has 0 bridgehead atoms. The average molecular weight is 308 g/mol. The Morgan fingerprint density at radius 3 is 2.45 bits per heavy atom. The molecule has 22 heavy (non-hydrogen) atoms. The van der Waals surface area contributed by atoms with Crippen molar-refractivity contribution in [3.05, 3.63) is 41.5 Å². The monoisotopic (exact) mass is 308 g/mol. The molecule has 0 aromatic heterocycles. The minimum absolute atomic E-state index is 0.0138. The summed E-state index contributed by atoms with van der Waals surface area (Å²) < 4.78 is 33.3. The Morgan fingerprint density at radius 1 is 1.09 bits per heavy atom. The molecule has 1 nitrogen and oxygen atoms in total. The molecule has 0 saturated heterocycles. The van der Waals surface area contributed by atoms with Crippen molar-refractivity contribution in [2.75, 3.05) is 6.61 Å². The first kappa shape index (κ1) is 17.0. The molecular weight excluding hydrogens is 282 g/mol. The summed E-state index contributed by atoms with van der Waals surface area (Å²) in [7, 11) is 0. The van der Waals surface area contributed by atoms with E-state index in [1.807, 2.05) is 0 Å². The molecule has 1 aromatic carbocycles. The molecule has 0 amide bonds. The number of halogens is 2. The van der Waals surface area contributed by atoms with Crippen LogP contribution in [0.5, 0.6) is 5.75 Å². The van der Waals surface area contributed by atoms with Crippen molar-refractivity contribution in [1.82, 2.24) is 0 Å². The molecule has 0 unspecified atom stereocenters. The zero-order chi connectivity index (χ0) is 15.9. The van der Waals surface area contributed by atoms with Crippen LogP contribution in [0.3, 0.4) is 0 Å². The average Bonchev–Trinajstić information content (AvgIpc) is 2.53. The maximum Gasteiger partial charge on any atom is 0.200 e. The molecule has 0 spiro atoms. The minimum atomic E-state index is -0.843. The Labute approximate surface area is 132 Å². The molecule has 2 rings (SSSR count). The van der Waals surface area contributed by atoms with Gasteiger partial charge in [0.15, 0.2) is 11.6 Å². The van der Waals surface area contributed by atoms with Crippen LogP contribution in [0.25, 0.3) is 0 Å². The Morgan fingerprint density at radius 2 is 1.82 bits per heavy atom. The van der Waals surface area contributed by atoms with Crippen LogP contribution in [-0.2, 0) is 0 Å². The maximum absolute atomic E-state index is 14.2. The molecule has 0 aliphatic heterocycles. The molecule has 0 N–H and O–H groups in total. The molecule has 1 aliphatic carbocycles. The van der Waals surface area contributed by atoms with Crippen LogP contribution in [0.15, 0.2) is 24.3 Å². The summed E-state index contributed by atoms with van der Waals surface area (Å²) in [6.45, 7) is 4.27. The van der Waals surface area contributed by atoms with E-state index >= 15 is 0 Å². The lowest BCUT2D eigenvalue weighted by Crippen LogP contribution is -2.14. The third kappa shape index (κ3) is 4.08. The first-order chi connectivity index (χ1) is 10.7. The van der Waals surface area contributed by atoms with Gasteiger partial charge in [0.1, 0.15) is 0 Å². The zero-order valence-electron chi connectivity index (χ0n) is 13.6. The van der Waals surface area contributed by atoms with Gasteiger partial charge in [0.05, 0.1) is 6.61 Å². The third-order valence-corrected chi connectivity index (χ3v) is 4.45. The molecule has 1 aromatic rings. The number of hydrogen-bond donors (Lipinski definition) is 0. The second-order valence-electron chi connectivity index (χ2n) is 6.04. The highest BCUT2D eigenvalue weighted by Crippen LogP contribution is 2.39. The first-order valence-corrected chi connectivity index (χ1v) is 8.44. The lowest BCUT2D eigenvalue weighted by atomic mass is 9.78. The van der Waals surface area contributed by atoms with E-state index in [1.54, 1.807) is 19.1 Å². The van der Waals surface area contributed by atoms with Gasteiger partial charge in [-0.1, -0.05) is 31.6 Å². The Bertz CT molecular complexity index is 502. The normalized spacial score (nSPS) is 22.2. The predicted octanol–water partition coefficient (Wildman–Crippen LogP) is 5.99. The van der Waals surface area contributed by atoms with Gasteiger partial charge in [-0.2, -0.15) is 4.39 Å². The summed E-state index contributed by atoms with van der Waals surface area (Å²) in [5.41, 5.74) is 0.511. The molecule has 122 valence electrons. The van der Waals surface area contributed by atoms with E-state index in [2.05, 4.69) is 19.1 Å². The lowest BCUT2D eigenvalue weighted by molar-refractivity contribution is 0.310. The highest BCUT2D eigenvalue weighted by molar-refractivity contribution is 5.33. The Kier molecular flexibility index (Phi) is 6.41. The molecule has 1 saturated carbocycles. The second-order valence-corrected chi connectivity index (χ2v) is 6.04. The highest BCUT2D eigenvalue weighted by Gasteiger charge is 2.25. The van der Waals surface area contributed by atoms with E-state index in [9.17, 15) is 8.78 Å². The van der Waals surface area contributed by atoms with E-state index in [0.717, 1.165) is 32.1 Å². The van der Waals surface area contributed by atoms with Crippen molar-refractivity contribution < 1.29 is 13.5 Å². The van der Waals surface area contributed by atoms with Crippen LogP contribution >= 0.6 is 0 Å². The fourth-order valence-electron chi connectivity index (χ4n) is 3.21. The third-order valence-electron chi connectivity index (χ3n) is 4.45. The fraction of sp³-hybridized carbons (Fsp3) is 0.579. The topological polar surface area (TPSA) is 9.23 Å². The van der Waals surface area contributed by atoms with Crippen molar-refractivity contribution in [3.8, 4) is 5.75 Å². The van der Waals surface area contributed by atoms with Crippen LogP contribution in [0.2, 0.25) is 0 Å². The highest BCUT2D eigenvalue weighted by atomic mass is 19.2. The van der Waals surface area contributed by atoms with E-state index < -0.39 is 11.6 Å². The molecule has 3 heteroatoms. The van der Waals surface area contributed by atoms with Crippen LogP contribution in [0, 0.1) is 17.6 Å². The summed E-state index contributed by atoms with van der Waals surface area (Å²) >= 11 is 0. The number of hydrogen-bond acceptors (Lipinski definition) is 1. The molecule has 0 atom stereocenters. The van der Waals surface area contributed by atoms with E-state index in [4.69, 9.17) is 4.74 Å². The number of benzene rings is 1. The summed E-state index contributed by atoms with van der Waals surface area (Å²) in [4.78, 5) is 0. The van der Waals surface area contributed by atoms with Crippen molar-refractivity contribution in [1.29, 1.82) is 0 Å². The van der Waals surface area contributed by atoms with E-state index in [0.29, 0.717) is 18.1 Å². The number of ether oxygens (including phenoxy) is 1. The van der Waals surface area contributed by atoms with E-state index in [1.165, 1.54) is 6.42 Å². The summed E-state index contributed by atoms with van der Waals surface area (Å²) in [6, 6.07) is 3.26. The standard InChI is InChI=1S/C19H26F2O/c1-3-5-6-7-14-8-10-15(11-9-14)16-12-13-17(22-4-2)19(21)18(16)20/h6-7,12-15H,3-5,8-11H2,1-2H3. The van der Waals surface area contributed by atoms with Crippen molar-refractivity contribution in [3.63, 3.8) is 0 Å². The van der Waals surface area contributed by atoms with Crippen molar-refractivity contribution in [2.45, 2.75) is 58.3 Å². The molecule has 0 radical (unpaired) electrons. The Balaban J connectivity index is 2.01. The summed E-state index contributed by atoms with van der Waals surface area (Å²) in [6.07, 6.45) is 10.8. The fourth-order valence-corrected chi connectivity index (χ4v) is 3.21. The largest absolute Gasteiger partial charge is 0.491 e. The van der Waals surface area contributed by atoms with Gasteiger partial charge in [-0.3, -0.25) is 0 Å². The van der Waals surface area contributed by atoms with Gasteiger partial charge in [-0.25, -0.2) is 4.39 Å². The lowest BCUT2D eigenvalue weighted by Gasteiger charge is -2.27. The predicted molar refractivity (Wildman–Crippen MR) is 86.3 cm³/mol. The summed E-state index contributed by atoms with van der Waals surface area (Å²) in [5, 5.41) is 0. The van der Waals surface area contributed by atoms with Crippen LogP contribution < -0.4 is 4.74 Å². The van der Waals surface area contributed by atoms with Gasteiger partial charge in [0.2, 0.25) is 5.82 Å². The minimum Gasteiger partial charge on any atom is -0.491 e. The quantitative estimate of drug-likeness (QED) is 0.586. The second kappa shape index (κ2) is 8.30. The molecular formula is C19H26F2O. The van der Waals surface area contributed by atoms with E-state index in [-0.39, 0.29) is 11.7 Å². The van der Waals surface area contributed by atoms with Gasteiger partial charge >= 0.3 is 0 Å². The molecule has 1 aliphatic rings. The Hall–Kier alpha value is -1.38. The van der Waals surface area contributed by atoms with Crippen molar-refractivity contribution >= 4 is 0 Å². The van der Waals surface area contributed by atoms with Gasteiger partial charge in [-0.05, 0) is 62.5 Å². The SMILES string of the molecule is CCCC=CC1CCC(c2ccc(OCC)c(F)c2F)CC1. The number of allylic oxidation sites excluding steroid dienone is 2. The van der Waals surface area contributed by atoms with Crippen LogP contribution in [-0.4, -0.2) is 6.61 Å². The zero-order valence-corrected chi connectivity index (χ0v) is 13.6. The van der Waals surface area contributed by atoms with Crippen LogP contribution in [0.1, 0.15) is 63.9 Å². The van der Waals surface area contributed by atoms with Gasteiger partial charge in [-0.15, -0.1) is 0 Å². The number of unbranched alkanes of at least 4 members (excludes halogenated alkanes) is 1. The molecule has 1 fully saturated rings. The molecule has 0 heterocycles. The maximum atomic E-state index is 14.2.